The van der Waals surface area contributed by atoms with Gasteiger partial charge in [-0.15, -0.1) is 0 Å². The van der Waals surface area contributed by atoms with Crippen LogP contribution in [0.25, 0.3) is 0 Å². The molecule has 0 atom stereocenters. The monoisotopic (exact) mass is 168 g/mol. The Labute approximate surface area is 68.9 Å². The maximum atomic E-state index is 10.7. The van der Waals surface area contributed by atoms with Gasteiger partial charge in [0.25, 0.3) is 0 Å². The quantitative estimate of drug-likeness (QED) is 0.683. The Kier molecular flexibility index (Phi) is 2.80. The summed E-state index contributed by atoms with van der Waals surface area (Å²) in [4.78, 5) is 11.7. The van der Waals surface area contributed by atoms with Gasteiger partial charge in [-0.05, 0) is 23.7 Å². The van der Waals surface area contributed by atoms with Crippen LogP contribution in [-0.4, -0.2) is 10.3 Å². The van der Waals surface area contributed by atoms with Gasteiger partial charge in [-0.3, -0.25) is 4.79 Å². The zero-order valence-electron chi connectivity index (χ0n) is 5.91. The van der Waals surface area contributed by atoms with Gasteiger partial charge in [0.15, 0.2) is 0 Å². The van der Waals surface area contributed by atoms with Crippen LogP contribution >= 0.6 is 11.5 Å². The Morgan fingerprint density at radius 1 is 1.91 bits per heavy atom. The first kappa shape index (κ1) is 7.94. The number of hydrogen-bond acceptors (Lipinski definition) is 3. The second kappa shape index (κ2) is 3.88. The number of carbonyl (C=O) groups excluding carboxylic acids is 1. The molecule has 0 aromatic carbocycles. The first-order chi connectivity index (χ1) is 5.33. The zero-order chi connectivity index (χ0) is 8.10. The fourth-order valence-electron chi connectivity index (χ4n) is 0.580. The van der Waals surface area contributed by atoms with E-state index in [1.165, 1.54) is 17.6 Å². The van der Waals surface area contributed by atoms with Gasteiger partial charge in [-0.25, -0.2) is 4.37 Å². The third-order valence-electron chi connectivity index (χ3n) is 1.11. The van der Waals surface area contributed by atoms with Crippen molar-refractivity contribution < 1.29 is 4.79 Å². The average Bonchev–Trinajstić information content (AvgIpc) is 2.52. The van der Waals surface area contributed by atoms with Crippen molar-refractivity contribution in [3.8, 4) is 0 Å². The van der Waals surface area contributed by atoms with Crippen LogP contribution in [0.3, 0.4) is 0 Å². The van der Waals surface area contributed by atoms with Crippen molar-refractivity contribution in [2.45, 2.75) is 6.54 Å². The van der Waals surface area contributed by atoms with Crippen LogP contribution < -0.4 is 5.32 Å². The molecule has 0 saturated heterocycles. The van der Waals surface area contributed by atoms with Gasteiger partial charge >= 0.3 is 0 Å². The van der Waals surface area contributed by atoms with Crippen molar-refractivity contribution in [2.24, 2.45) is 0 Å². The predicted molar refractivity (Wildman–Crippen MR) is 44.2 cm³/mol. The van der Waals surface area contributed by atoms with Crippen LogP contribution in [-0.2, 0) is 11.3 Å². The lowest BCUT2D eigenvalue weighted by Crippen LogP contribution is -2.19. The minimum absolute atomic E-state index is 0.154. The summed E-state index contributed by atoms with van der Waals surface area (Å²) in [6, 6.07) is 1.87. The average molecular weight is 168 g/mol. The molecular formula is C7H8N2OS. The molecule has 0 unspecified atom stereocenters. The largest absolute Gasteiger partial charge is 0.348 e. The van der Waals surface area contributed by atoms with Crippen molar-refractivity contribution in [1.29, 1.82) is 0 Å². The molecule has 1 aromatic rings. The topological polar surface area (TPSA) is 42.0 Å². The second-order valence-corrected chi connectivity index (χ2v) is 2.82. The summed E-state index contributed by atoms with van der Waals surface area (Å²) in [5, 5.41) is 2.65. The van der Waals surface area contributed by atoms with Crippen LogP contribution in [0.2, 0.25) is 0 Å². The molecule has 0 fully saturated rings. The van der Waals surface area contributed by atoms with E-state index in [0.717, 1.165) is 4.88 Å². The maximum Gasteiger partial charge on any atom is 0.243 e. The van der Waals surface area contributed by atoms with Gasteiger partial charge in [-0.1, -0.05) is 6.58 Å². The minimum atomic E-state index is -0.154. The van der Waals surface area contributed by atoms with Crippen LogP contribution in [0, 0.1) is 0 Å². The number of nitrogens with one attached hydrogen (secondary N) is 1. The van der Waals surface area contributed by atoms with Gasteiger partial charge < -0.3 is 5.32 Å². The van der Waals surface area contributed by atoms with E-state index < -0.39 is 0 Å². The highest BCUT2D eigenvalue weighted by atomic mass is 32.1. The normalized spacial score (nSPS) is 9.09. The van der Waals surface area contributed by atoms with E-state index in [2.05, 4.69) is 16.3 Å². The summed E-state index contributed by atoms with van der Waals surface area (Å²) >= 11 is 1.38. The number of aromatic nitrogens is 1. The molecule has 1 heterocycles. The third kappa shape index (κ3) is 2.51. The molecule has 1 rings (SSSR count). The molecule has 0 spiro atoms. The fraction of sp³-hybridized carbons (Fsp3) is 0.143. The third-order valence-corrected chi connectivity index (χ3v) is 1.86. The van der Waals surface area contributed by atoms with Gasteiger partial charge in [0.2, 0.25) is 5.91 Å². The Bertz CT molecular complexity index is 243. The van der Waals surface area contributed by atoms with Crippen molar-refractivity contribution in [2.75, 3.05) is 0 Å². The Morgan fingerprint density at radius 2 is 2.73 bits per heavy atom. The van der Waals surface area contributed by atoms with Crippen LogP contribution in [0.15, 0.2) is 24.9 Å². The smallest absolute Gasteiger partial charge is 0.243 e. The van der Waals surface area contributed by atoms with E-state index in [1.807, 2.05) is 6.07 Å². The molecule has 0 saturated carbocycles. The summed E-state index contributed by atoms with van der Waals surface area (Å²) in [5.74, 6) is -0.154. The van der Waals surface area contributed by atoms with Crippen LogP contribution in [0.1, 0.15) is 4.88 Å². The fourth-order valence-corrected chi connectivity index (χ4v) is 1.10. The minimum Gasteiger partial charge on any atom is -0.348 e. The number of carbonyl (C=O) groups is 1. The lowest BCUT2D eigenvalue weighted by molar-refractivity contribution is -0.116. The number of rotatable bonds is 3. The summed E-state index contributed by atoms with van der Waals surface area (Å²) in [6.45, 7) is 3.87. The first-order valence-electron chi connectivity index (χ1n) is 3.13. The number of hydrogen-bond donors (Lipinski definition) is 1. The summed E-state index contributed by atoms with van der Waals surface area (Å²) in [7, 11) is 0. The summed E-state index contributed by atoms with van der Waals surface area (Å²) in [6.07, 6.45) is 2.96. The van der Waals surface area contributed by atoms with Crippen molar-refractivity contribution in [3.63, 3.8) is 0 Å². The van der Waals surface area contributed by atoms with Gasteiger partial charge in [0.05, 0.1) is 6.54 Å². The Hall–Kier alpha value is -1.16. The molecule has 1 amide bonds. The SMILES string of the molecule is C=CC(=O)NCc1ccns1. The molecule has 0 aliphatic carbocycles. The standard InChI is InChI=1S/C7H8N2OS/c1-2-7(10)8-5-6-3-4-9-11-6/h2-4H,1,5H2,(H,8,10). The number of amides is 1. The van der Waals surface area contributed by atoms with E-state index in [1.54, 1.807) is 6.20 Å². The van der Waals surface area contributed by atoms with Crippen LogP contribution in [0.4, 0.5) is 0 Å². The lowest BCUT2D eigenvalue weighted by atomic mass is 10.4. The highest BCUT2D eigenvalue weighted by Gasteiger charge is 1.95. The van der Waals surface area contributed by atoms with E-state index >= 15 is 0 Å². The van der Waals surface area contributed by atoms with E-state index in [-0.39, 0.29) is 5.91 Å². The lowest BCUT2D eigenvalue weighted by Gasteiger charge is -1.96. The highest BCUT2D eigenvalue weighted by molar-refractivity contribution is 7.05. The first-order valence-corrected chi connectivity index (χ1v) is 3.90. The molecule has 0 radical (unpaired) electrons. The molecule has 58 valence electrons. The molecule has 4 heteroatoms. The summed E-state index contributed by atoms with van der Waals surface area (Å²) in [5.41, 5.74) is 0. The zero-order valence-corrected chi connectivity index (χ0v) is 6.73. The molecule has 0 aliphatic heterocycles. The Morgan fingerprint density at radius 3 is 3.27 bits per heavy atom. The maximum absolute atomic E-state index is 10.7. The molecule has 1 N–H and O–H groups in total. The van der Waals surface area contributed by atoms with Crippen molar-refractivity contribution in [1.82, 2.24) is 9.69 Å². The van der Waals surface area contributed by atoms with E-state index in [4.69, 9.17) is 0 Å². The molecular weight excluding hydrogens is 160 g/mol. The van der Waals surface area contributed by atoms with Crippen LogP contribution in [0.5, 0.6) is 0 Å². The van der Waals surface area contributed by atoms with Gasteiger partial charge in [0.1, 0.15) is 0 Å². The Balaban J connectivity index is 2.34. The van der Waals surface area contributed by atoms with Crippen molar-refractivity contribution in [3.05, 3.63) is 29.8 Å². The molecule has 0 aliphatic rings. The highest BCUT2D eigenvalue weighted by Crippen LogP contribution is 2.02. The number of nitrogens with zero attached hydrogens (tertiary/aromatic N) is 1. The molecule has 11 heavy (non-hydrogen) atoms. The van der Waals surface area contributed by atoms with E-state index in [9.17, 15) is 4.79 Å². The molecule has 0 bridgehead atoms. The summed E-state index contributed by atoms with van der Waals surface area (Å²) < 4.78 is 3.89. The predicted octanol–water partition coefficient (Wildman–Crippen LogP) is 0.945. The van der Waals surface area contributed by atoms with Gasteiger partial charge in [0, 0.05) is 11.1 Å². The molecule has 3 nitrogen and oxygen atoms in total. The molecule has 1 aromatic heterocycles. The van der Waals surface area contributed by atoms with E-state index in [0.29, 0.717) is 6.54 Å². The van der Waals surface area contributed by atoms with Crippen molar-refractivity contribution >= 4 is 17.4 Å². The van der Waals surface area contributed by atoms with Gasteiger partial charge in [-0.2, -0.15) is 0 Å². The second-order valence-electron chi connectivity index (χ2n) is 1.90.